The Morgan fingerprint density at radius 1 is 0.966 bits per heavy atom. The van der Waals surface area contributed by atoms with Gasteiger partial charge in [-0.2, -0.15) is 0 Å². The predicted molar refractivity (Wildman–Crippen MR) is 122 cm³/mol. The predicted octanol–water partition coefficient (Wildman–Crippen LogP) is 4.30. The molecule has 0 unspecified atom stereocenters. The fourth-order valence-electron chi connectivity index (χ4n) is 3.57. The molecule has 1 heterocycles. The Morgan fingerprint density at radius 3 is 2.34 bits per heavy atom. The molecular formula is C25H33N3O. The highest BCUT2D eigenvalue weighted by atomic mass is 16.2. The Bertz CT molecular complexity index is 762. The highest BCUT2D eigenvalue weighted by molar-refractivity contribution is 5.92. The summed E-state index contributed by atoms with van der Waals surface area (Å²) in [5, 5.41) is 3.03. The number of unbranched alkanes of at least 4 members (excludes halogenated alkanes) is 1. The number of anilines is 1. The van der Waals surface area contributed by atoms with E-state index in [9.17, 15) is 4.79 Å². The van der Waals surface area contributed by atoms with Gasteiger partial charge in [0, 0.05) is 38.4 Å². The Morgan fingerprint density at radius 2 is 1.66 bits per heavy atom. The third-order valence-electron chi connectivity index (χ3n) is 5.36. The van der Waals surface area contributed by atoms with E-state index in [1.807, 2.05) is 18.2 Å². The smallest absolute Gasteiger partial charge is 0.238 e. The fraction of sp³-hybridized carbons (Fsp3) is 0.400. The number of piperazine rings is 1. The molecule has 0 spiro atoms. The second-order valence-electron chi connectivity index (χ2n) is 7.74. The summed E-state index contributed by atoms with van der Waals surface area (Å²) in [4.78, 5) is 17.0. The fourth-order valence-corrected chi connectivity index (χ4v) is 3.57. The number of carbonyl (C=O) groups is 1. The van der Waals surface area contributed by atoms with E-state index in [1.165, 1.54) is 24.0 Å². The van der Waals surface area contributed by atoms with Crippen LogP contribution in [0.25, 0.3) is 6.08 Å². The van der Waals surface area contributed by atoms with E-state index in [1.54, 1.807) is 0 Å². The zero-order chi connectivity index (χ0) is 20.3. The number of benzene rings is 2. The van der Waals surface area contributed by atoms with E-state index in [0.29, 0.717) is 6.54 Å². The van der Waals surface area contributed by atoms with Crippen molar-refractivity contribution in [3.63, 3.8) is 0 Å². The van der Waals surface area contributed by atoms with Gasteiger partial charge in [-0.15, -0.1) is 0 Å². The number of aryl methyl sites for hydroxylation is 1. The molecular weight excluding hydrogens is 358 g/mol. The average molecular weight is 392 g/mol. The zero-order valence-electron chi connectivity index (χ0n) is 17.5. The lowest BCUT2D eigenvalue weighted by atomic mass is 10.1. The molecule has 0 aliphatic carbocycles. The van der Waals surface area contributed by atoms with Crippen molar-refractivity contribution in [2.24, 2.45) is 0 Å². The van der Waals surface area contributed by atoms with Crippen LogP contribution >= 0.6 is 0 Å². The van der Waals surface area contributed by atoms with Crippen LogP contribution in [0.15, 0.2) is 60.7 Å². The van der Waals surface area contributed by atoms with Gasteiger partial charge in [-0.25, -0.2) is 0 Å². The second kappa shape index (κ2) is 11.5. The first-order chi connectivity index (χ1) is 14.2. The summed E-state index contributed by atoms with van der Waals surface area (Å²) in [5.41, 5.74) is 3.46. The summed E-state index contributed by atoms with van der Waals surface area (Å²) < 4.78 is 0. The summed E-state index contributed by atoms with van der Waals surface area (Å²) in [6.45, 7) is 7.49. The van der Waals surface area contributed by atoms with Crippen LogP contribution < -0.4 is 5.32 Å². The number of nitrogens with zero attached hydrogens (tertiary/aromatic N) is 2. The molecule has 0 saturated carbocycles. The minimum atomic E-state index is 0.0729. The number of nitrogens with one attached hydrogen (secondary N) is 1. The minimum Gasteiger partial charge on any atom is -0.325 e. The van der Waals surface area contributed by atoms with Gasteiger partial charge in [0.1, 0.15) is 0 Å². The van der Waals surface area contributed by atoms with Crippen molar-refractivity contribution in [1.82, 2.24) is 9.80 Å². The van der Waals surface area contributed by atoms with Crippen LogP contribution in [-0.4, -0.2) is 55.0 Å². The van der Waals surface area contributed by atoms with Gasteiger partial charge >= 0.3 is 0 Å². The van der Waals surface area contributed by atoms with Crippen molar-refractivity contribution in [2.75, 3.05) is 44.6 Å². The molecule has 2 aromatic rings. The van der Waals surface area contributed by atoms with Crippen molar-refractivity contribution < 1.29 is 4.79 Å². The molecule has 2 aromatic carbocycles. The molecule has 1 aliphatic rings. The molecule has 0 radical (unpaired) electrons. The van der Waals surface area contributed by atoms with Gasteiger partial charge in [-0.1, -0.05) is 68.0 Å². The van der Waals surface area contributed by atoms with Crippen LogP contribution in [0.2, 0.25) is 0 Å². The maximum absolute atomic E-state index is 12.4. The maximum atomic E-state index is 12.4. The summed E-state index contributed by atoms with van der Waals surface area (Å²) >= 11 is 0. The van der Waals surface area contributed by atoms with E-state index in [0.717, 1.165) is 44.8 Å². The minimum absolute atomic E-state index is 0.0729. The molecule has 0 atom stereocenters. The molecule has 1 N–H and O–H groups in total. The lowest BCUT2D eigenvalue weighted by Gasteiger charge is -2.33. The molecule has 4 heteroatoms. The van der Waals surface area contributed by atoms with Crippen molar-refractivity contribution >= 4 is 17.7 Å². The molecule has 0 aromatic heterocycles. The normalized spacial score (nSPS) is 15.6. The SMILES string of the molecule is CCCCc1ccc(NC(=O)CN2CCN(C/C=C/c3ccccc3)CC2)cc1. The van der Waals surface area contributed by atoms with Gasteiger partial charge in [-0.05, 0) is 36.1 Å². The number of rotatable bonds is 9. The van der Waals surface area contributed by atoms with Crippen molar-refractivity contribution in [1.29, 1.82) is 0 Å². The molecule has 29 heavy (non-hydrogen) atoms. The van der Waals surface area contributed by atoms with Gasteiger partial charge in [0.25, 0.3) is 0 Å². The first kappa shape index (κ1) is 21.3. The molecule has 4 nitrogen and oxygen atoms in total. The van der Waals surface area contributed by atoms with Crippen LogP contribution in [0.3, 0.4) is 0 Å². The summed E-state index contributed by atoms with van der Waals surface area (Å²) in [5.74, 6) is 0.0729. The van der Waals surface area contributed by atoms with Gasteiger partial charge in [0.15, 0.2) is 0 Å². The van der Waals surface area contributed by atoms with Crippen LogP contribution in [0.4, 0.5) is 5.69 Å². The summed E-state index contributed by atoms with van der Waals surface area (Å²) in [7, 11) is 0. The monoisotopic (exact) mass is 391 g/mol. The van der Waals surface area contributed by atoms with Crippen LogP contribution in [0.5, 0.6) is 0 Å². The van der Waals surface area contributed by atoms with E-state index >= 15 is 0 Å². The highest BCUT2D eigenvalue weighted by Gasteiger charge is 2.18. The number of hydrogen-bond acceptors (Lipinski definition) is 3. The second-order valence-corrected chi connectivity index (χ2v) is 7.74. The van der Waals surface area contributed by atoms with Gasteiger partial charge in [0.05, 0.1) is 6.54 Å². The number of carbonyl (C=O) groups excluding carboxylic acids is 1. The third-order valence-corrected chi connectivity index (χ3v) is 5.36. The summed E-state index contributed by atoms with van der Waals surface area (Å²) in [6, 6.07) is 18.7. The van der Waals surface area contributed by atoms with E-state index < -0.39 is 0 Å². The molecule has 0 bridgehead atoms. The molecule has 3 rings (SSSR count). The lowest BCUT2D eigenvalue weighted by molar-refractivity contribution is -0.117. The van der Waals surface area contributed by atoms with Crippen LogP contribution in [0, 0.1) is 0 Å². The lowest BCUT2D eigenvalue weighted by Crippen LogP contribution is -2.48. The first-order valence-corrected chi connectivity index (χ1v) is 10.8. The number of amides is 1. The molecule has 1 fully saturated rings. The van der Waals surface area contributed by atoms with Crippen LogP contribution in [-0.2, 0) is 11.2 Å². The van der Waals surface area contributed by atoms with Gasteiger partial charge in [0.2, 0.25) is 5.91 Å². The van der Waals surface area contributed by atoms with Crippen molar-refractivity contribution in [2.45, 2.75) is 26.2 Å². The first-order valence-electron chi connectivity index (χ1n) is 10.8. The van der Waals surface area contributed by atoms with Crippen LogP contribution in [0.1, 0.15) is 30.9 Å². The van der Waals surface area contributed by atoms with E-state index in [4.69, 9.17) is 0 Å². The highest BCUT2D eigenvalue weighted by Crippen LogP contribution is 2.12. The molecule has 1 saturated heterocycles. The maximum Gasteiger partial charge on any atom is 0.238 e. The number of hydrogen-bond donors (Lipinski definition) is 1. The quantitative estimate of drug-likeness (QED) is 0.692. The van der Waals surface area contributed by atoms with Crippen molar-refractivity contribution in [3.05, 3.63) is 71.8 Å². The zero-order valence-corrected chi connectivity index (χ0v) is 17.5. The Labute approximate surface area is 175 Å². The largest absolute Gasteiger partial charge is 0.325 e. The van der Waals surface area contributed by atoms with Gasteiger partial charge in [-0.3, -0.25) is 14.6 Å². The Hall–Kier alpha value is -2.43. The third kappa shape index (κ3) is 7.48. The molecule has 1 aliphatic heterocycles. The topological polar surface area (TPSA) is 35.6 Å². The van der Waals surface area contributed by atoms with Gasteiger partial charge < -0.3 is 5.32 Å². The average Bonchev–Trinajstić information content (AvgIpc) is 2.75. The van der Waals surface area contributed by atoms with Crippen molar-refractivity contribution in [3.8, 4) is 0 Å². The molecule has 154 valence electrons. The molecule has 1 amide bonds. The Kier molecular flexibility index (Phi) is 8.47. The standard InChI is InChI=1S/C25H33N3O/c1-2-3-8-23-12-14-24(15-13-23)26-25(29)21-28-19-17-27(18-20-28)16-7-11-22-9-5-4-6-10-22/h4-7,9-15H,2-3,8,16-21H2,1H3,(H,26,29)/b11-7+. The Balaban J connectivity index is 1.35. The summed E-state index contributed by atoms with van der Waals surface area (Å²) in [6.07, 6.45) is 7.92. The van der Waals surface area contributed by atoms with E-state index in [-0.39, 0.29) is 5.91 Å². The van der Waals surface area contributed by atoms with E-state index in [2.05, 4.69) is 70.6 Å².